The zero-order valence-corrected chi connectivity index (χ0v) is 46.0. The van der Waals surface area contributed by atoms with E-state index < -0.39 is 86.8 Å². The van der Waals surface area contributed by atoms with Gasteiger partial charge in [-0.15, -0.1) is 0 Å². The molecule has 2 aliphatic heterocycles. The van der Waals surface area contributed by atoms with E-state index in [2.05, 4.69) is 19.2 Å². The summed E-state index contributed by atoms with van der Waals surface area (Å²) >= 11 is 0. The van der Waals surface area contributed by atoms with E-state index >= 15 is 0 Å². The van der Waals surface area contributed by atoms with Crippen molar-refractivity contribution < 1.29 is 64.6 Å². The molecule has 0 aliphatic carbocycles. The fourth-order valence-electron chi connectivity index (χ4n) is 10.4. The summed E-state index contributed by atoms with van der Waals surface area (Å²) in [5, 5.41) is 86.9. The minimum Gasteiger partial charge on any atom is -0.394 e. The maximum atomic E-state index is 13.2. The molecule has 428 valence electrons. The third kappa shape index (κ3) is 30.7. The summed E-state index contributed by atoms with van der Waals surface area (Å²) in [6.07, 6.45) is 32.9. The Morgan fingerprint density at radius 1 is 0.444 bits per heavy atom. The summed E-state index contributed by atoms with van der Waals surface area (Å²) in [6, 6.07) is -0.821. The number of ether oxygens (including phenoxy) is 4. The number of amides is 1. The maximum absolute atomic E-state index is 13.2. The van der Waals surface area contributed by atoms with Gasteiger partial charge in [-0.3, -0.25) is 4.79 Å². The minimum absolute atomic E-state index is 0.203. The maximum Gasteiger partial charge on any atom is 0.220 e. The standard InChI is InChI=1S/C58H113NO13/c1-3-5-7-9-11-13-14-15-16-17-18-19-20-21-22-23-24-25-26-27-28-29-30-31-32-34-36-38-40-42-50(63)59-46(47(62)41-39-37-35-33-12-10-8-6-4-2)45-69-57-55(68)53(66)56(49(44-61)71-57)72-58-54(67)52(65)51(64)48(43-60)70-58/h46-49,51-58,60-62,64-68H,3-45H2,1-2H3,(H,59,63). The second-order valence-electron chi connectivity index (χ2n) is 21.8. The van der Waals surface area contributed by atoms with Gasteiger partial charge >= 0.3 is 0 Å². The van der Waals surface area contributed by atoms with Gasteiger partial charge in [0.25, 0.3) is 0 Å². The lowest BCUT2D eigenvalue weighted by Crippen LogP contribution is -2.65. The number of hydrogen-bond acceptors (Lipinski definition) is 13. The fraction of sp³-hybridized carbons (Fsp3) is 0.983. The zero-order chi connectivity index (χ0) is 52.4. The Balaban J connectivity index is 1.61. The third-order valence-electron chi connectivity index (χ3n) is 15.3. The molecule has 2 aliphatic rings. The van der Waals surface area contributed by atoms with Crippen molar-refractivity contribution in [3.63, 3.8) is 0 Å². The van der Waals surface area contributed by atoms with E-state index in [0.717, 1.165) is 51.4 Å². The molecule has 12 atom stereocenters. The van der Waals surface area contributed by atoms with Crippen LogP contribution in [0.3, 0.4) is 0 Å². The molecule has 2 fully saturated rings. The molecule has 14 heteroatoms. The van der Waals surface area contributed by atoms with Crippen LogP contribution in [0.5, 0.6) is 0 Å². The van der Waals surface area contributed by atoms with E-state index in [1.54, 1.807) is 0 Å². The Kier molecular flexibility index (Phi) is 42.0. The molecule has 0 aromatic heterocycles. The molecular formula is C58H113NO13. The summed E-state index contributed by atoms with van der Waals surface area (Å²) in [5.41, 5.74) is 0. The molecule has 0 saturated carbocycles. The average molecular weight is 1030 g/mol. The molecular weight excluding hydrogens is 919 g/mol. The van der Waals surface area contributed by atoms with Crippen molar-refractivity contribution in [1.29, 1.82) is 0 Å². The van der Waals surface area contributed by atoms with E-state index in [0.29, 0.717) is 12.8 Å². The highest BCUT2D eigenvalue weighted by molar-refractivity contribution is 5.76. The number of aliphatic hydroxyl groups excluding tert-OH is 8. The smallest absolute Gasteiger partial charge is 0.220 e. The van der Waals surface area contributed by atoms with Gasteiger partial charge in [0.05, 0.1) is 32.0 Å². The van der Waals surface area contributed by atoms with Crippen molar-refractivity contribution in [1.82, 2.24) is 5.32 Å². The second kappa shape index (κ2) is 45.1. The Hall–Kier alpha value is -1.01. The molecule has 12 unspecified atom stereocenters. The first-order valence-corrected chi connectivity index (χ1v) is 30.3. The monoisotopic (exact) mass is 1030 g/mol. The summed E-state index contributed by atoms with van der Waals surface area (Å²) in [7, 11) is 0. The van der Waals surface area contributed by atoms with Crippen molar-refractivity contribution in [3.05, 3.63) is 0 Å². The Morgan fingerprint density at radius 2 is 0.792 bits per heavy atom. The van der Waals surface area contributed by atoms with Crippen molar-refractivity contribution in [2.75, 3.05) is 19.8 Å². The molecule has 0 radical (unpaired) electrons. The molecule has 0 spiro atoms. The summed E-state index contributed by atoms with van der Waals surface area (Å²) in [6.45, 7) is 2.86. The lowest BCUT2D eigenvalue weighted by Gasteiger charge is -2.46. The van der Waals surface area contributed by atoms with Crippen LogP contribution >= 0.6 is 0 Å². The molecule has 0 aromatic rings. The van der Waals surface area contributed by atoms with E-state index in [1.165, 1.54) is 193 Å². The number of nitrogens with one attached hydrogen (secondary N) is 1. The van der Waals surface area contributed by atoms with Crippen LogP contribution in [-0.2, 0) is 23.7 Å². The Morgan fingerprint density at radius 3 is 1.18 bits per heavy atom. The van der Waals surface area contributed by atoms with Gasteiger partial charge in [-0.1, -0.05) is 251 Å². The van der Waals surface area contributed by atoms with Gasteiger partial charge < -0.3 is 65.1 Å². The molecule has 0 aromatic carbocycles. The highest BCUT2D eigenvalue weighted by Crippen LogP contribution is 2.30. The Labute approximate surface area is 438 Å². The Bertz CT molecular complexity index is 1220. The van der Waals surface area contributed by atoms with Crippen LogP contribution in [0.25, 0.3) is 0 Å². The molecule has 0 bridgehead atoms. The second-order valence-corrected chi connectivity index (χ2v) is 21.8. The van der Waals surface area contributed by atoms with Crippen LogP contribution in [0, 0.1) is 0 Å². The quantitative estimate of drug-likeness (QED) is 0.0259. The number of aliphatic hydroxyl groups is 8. The minimum atomic E-state index is -1.78. The van der Waals surface area contributed by atoms with E-state index in [9.17, 15) is 45.6 Å². The summed E-state index contributed by atoms with van der Waals surface area (Å²) < 4.78 is 22.8. The number of carbonyl (C=O) groups is 1. The number of hydrogen-bond donors (Lipinski definition) is 9. The van der Waals surface area contributed by atoms with Gasteiger partial charge in [-0.25, -0.2) is 0 Å². The first-order chi connectivity index (χ1) is 35.1. The first kappa shape index (κ1) is 67.1. The zero-order valence-electron chi connectivity index (χ0n) is 46.0. The van der Waals surface area contributed by atoms with Crippen LogP contribution in [0.2, 0.25) is 0 Å². The highest BCUT2D eigenvalue weighted by Gasteiger charge is 2.51. The molecule has 2 saturated heterocycles. The van der Waals surface area contributed by atoms with Crippen LogP contribution in [0.15, 0.2) is 0 Å². The molecule has 14 nitrogen and oxygen atoms in total. The van der Waals surface area contributed by atoms with Crippen molar-refractivity contribution in [2.24, 2.45) is 0 Å². The SMILES string of the molecule is CCCCCCCCCCCCCCCCCCCCCCCCCCCCCCCC(=O)NC(COC1OC(CO)C(OC2OC(CO)C(O)C(O)C2O)C(O)C1O)C(O)CCCCCCCCCCC. The van der Waals surface area contributed by atoms with E-state index in [-0.39, 0.29) is 12.5 Å². The van der Waals surface area contributed by atoms with E-state index in [4.69, 9.17) is 18.9 Å². The van der Waals surface area contributed by atoms with Crippen molar-refractivity contribution in [3.8, 4) is 0 Å². The van der Waals surface area contributed by atoms with Gasteiger partial charge in [0.1, 0.15) is 48.8 Å². The molecule has 2 rings (SSSR count). The van der Waals surface area contributed by atoms with Crippen LogP contribution in [0.4, 0.5) is 0 Å². The average Bonchev–Trinajstić information content (AvgIpc) is 3.38. The number of carbonyl (C=O) groups excluding carboxylic acids is 1. The van der Waals surface area contributed by atoms with Gasteiger partial charge in [0.2, 0.25) is 5.91 Å². The van der Waals surface area contributed by atoms with Gasteiger partial charge in [0.15, 0.2) is 12.6 Å². The predicted molar refractivity (Wildman–Crippen MR) is 286 cm³/mol. The largest absolute Gasteiger partial charge is 0.394 e. The summed E-state index contributed by atoms with van der Waals surface area (Å²) in [4.78, 5) is 13.2. The molecule has 2 heterocycles. The number of unbranched alkanes of at least 4 members (excludes halogenated alkanes) is 36. The van der Waals surface area contributed by atoms with E-state index in [1.807, 2.05) is 0 Å². The summed E-state index contributed by atoms with van der Waals surface area (Å²) in [5.74, 6) is -0.203. The third-order valence-corrected chi connectivity index (χ3v) is 15.3. The fourth-order valence-corrected chi connectivity index (χ4v) is 10.4. The highest BCUT2D eigenvalue weighted by atomic mass is 16.7. The lowest BCUT2D eigenvalue weighted by molar-refractivity contribution is -0.359. The number of rotatable bonds is 49. The van der Waals surface area contributed by atoms with Crippen LogP contribution in [0.1, 0.15) is 271 Å². The van der Waals surface area contributed by atoms with Crippen molar-refractivity contribution in [2.45, 2.75) is 344 Å². The van der Waals surface area contributed by atoms with Crippen LogP contribution < -0.4 is 5.32 Å². The lowest BCUT2D eigenvalue weighted by atomic mass is 9.97. The van der Waals surface area contributed by atoms with Gasteiger partial charge in [-0.2, -0.15) is 0 Å². The predicted octanol–water partition coefficient (Wildman–Crippen LogP) is 10.1. The topological polar surface area (TPSA) is 228 Å². The van der Waals surface area contributed by atoms with Gasteiger partial charge in [-0.05, 0) is 12.8 Å². The van der Waals surface area contributed by atoms with Gasteiger partial charge in [0, 0.05) is 6.42 Å². The molecule has 9 N–H and O–H groups in total. The van der Waals surface area contributed by atoms with Crippen molar-refractivity contribution >= 4 is 5.91 Å². The molecule has 1 amide bonds. The first-order valence-electron chi connectivity index (χ1n) is 30.3. The van der Waals surface area contributed by atoms with Crippen LogP contribution in [-0.4, -0.2) is 140 Å². The molecule has 72 heavy (non-hydrogen) atoms. The normalized spacial score (nSPS) is 25.5.